The van der Waals surface area contributed by atoms with Crippen LogP contribution in [0.15, 0.2) is 0 Å². The molecule has 7 heteroatoms. The van der Waals surface area contributed by atoms with Crippen molar-refractivity contribution in [2.24, 2.45) is 0 Å². The molecule has 2 atom stereocenters. The van der Waals surface area contributed by atoms with Crippen molar-refractivity contribution in [2.75, 3.05) is 34.5 Å². The Hall–Kier alpha value is -0.120. The van der Waals surface area contributed by atoms with Gasteiger partial charge in [0.05, 0.1) is 6.61 Å². The van der Waals surface area contributed by atoms with Crippen molar-refractivity contribution in [3.8, 4) is 0 Å². The summed E-state index contributed by atoms with van der Waals surface area (Å²) in [5.74, 6) is -0.816. The van der Waals surface area contributed by atoms with E-state index in [1.54, 1.807) is 33.2 Å². The molecular formula is C11H20INO5. The van der Waals surface area contributed by atoms with Crippen molar-refractivity contribution in [2.45, 2.75) is 29.3 Å². The number of halogens is 1. The number of amides is 1. The summed E-state index contributed by atoms with van der Waals surface area (Å²) < 4.78 is 21.2. The van der Waals surface area contributed by atoms with E-state index in [0.717, 1.165) is 0 Å². The lowest BCUT2D eigenvalue weighted by molar-refractivity contribution is -0.283. The summed E-state index contributed by atoms with van der Waals surface area (Å²) >= 11 is 2.15. The Morgan fingerprint density at radius 2 is 2.00 bits per heavy atom. The number of nitrogens with zero attached hydrogens (tertiary/aromatic N) is 1. The van der Waals surface area contributed by atoms with E-state index in [1.807, 2.05) is 0 Å². The fourth-order valence-corrected chi connectivity index (χ4v) is 3.47. The van der Waals surface area contributed by atoms with Gasteiger partial charge < -0.3 is 18.9 Å². The van der Waals surface area contributed by atoms with Gasteiger partial charge in [0.1, 0.15) is 10.2 Å². The molecule has 1 heterocycles. The van der Waals surface area contributed by atoms with Gasteiger partial charge in [0.15, 0.2) is 5.79 Å². The van der Waals surface area contributed by atoms with E-state index in [4.69, 9.17) is 18.9 Å². The summed E-state index contributed by atoms with van der Waals surface area (Å²) in [6.07, 6.45) is -0.164. The van der Waals surface area contributed by atoms with Crippen LogP contribution in [0, 0.1) is 0 Å². The molecule has 0 aromatic rings. The molecule has 1 saturated heterocycles. The highest BCUT2D eigenvalue weighted by Crippen LogP contribution is 2.36. The van der Waals surface area contributed by atoms with E-state index in [2.05, 4.69) is 22.6 Å². The molecule has 0 radical (unpaired) electrons. The van der Waals surface area contributed by atoms with Crippen LogP contribution in [0.1, 0.15) is 13.3 Å². The third-order valence-corrected chi connectivity index (χ3v) is 4.46. The first-order valence-corrected chi connectivity index (χ1v) is 7.01. The molecule has 0 saturated carbocycles. The van der Waals surface area contributed by atoms with E-state index in [0.29, 0.717) is 19.6 Å². The van der Waals surface area contributed by atoms with E-state index >= 15 is 0 Å². The summed E-state index contributed by atoms with van der Waals surface area (Å²) in [6, 6.07) is 0. The van der Waals surface area contributed by atoms with Crippen LogP contribution >= 0.6 is 22.6 Å². The van der Waals surface area contributed by atoms with Crippen LogP contribution in [-0.4, -0.2) is 61.4 Å². The van der Waals surface area contributed by atoms with Crippen molar-refractivity contribution in [1.82, 2.24) is 4.90 Å². The lowest BCUT2D eigenvalue weighted by Gasteiger charge is -2.47. The maximum Gasteiger partial charge on any atom is 0.410 e. The zero-order valence-corrected chi connectivity index (χ0v) is 13.3. The number of rotatable bonds is 4. The molecule has 18 heavy (non-hydrogen) atoms. The number of alkyl halides is 1. The molecule has 0 bridgehead atoms. The molecule has 0 aromatic heterocycles. The summed E-state index contributed by atoms with van der Waals surface area (Å²) in [5.41, 5.74) is 0. The highest BCUT2D eigenvalue weighted by atomic mass is 127. The van der Waals surface area contributed by atoms with Crippen LogP contribution in [0.5, 0.6) is 0 Å². The number of likely N-dealkylation sites (tertiary alicyclic amines) is 1. The molecule has 1 fully saturated rings. The van der Waals surface area contributed by atoms with Crippen molar-refractivity contribution in [1.29, 1.82) is 0 Å². The molecule has 0 aliphatic carbocycles. The van der Waals surface area contributed by atoms with Gasteiger partial charge in [-0.15, -0.1) is 0 Å². The van der Waals surface area contributed by atoms with E-state index in [9.17, 15) is 4.79 Å². The number of hydrogen-bond donors (Lipinski definition) is 0. The Morgan fingerprint density at radius 3 is 2.44 bits per heavy atom. The van der Waals surface area contributed by atoms with Crippen molar-refractivity contribution >= 4 is 28.7 Å². The fraction of sp³-hybridized carbons (Fsp3) is 0.909. The van der Waals surface area contributed by atoms with Gasteiger partial charge in [0.25, 0.3) is 0 Å². The SMILES string of the molecule is CCOC(=O)N1CCC(OC)(OC)C(OC)C1I. The summed E-state index contributed by atoms with van der Waals surface area (Å²) in [4.78, 5) is 13.5. The predicted octanol–water partition coefficient (Wildman–Crippen LogP) is 1.61. The number of piperidine rings is 1. The monoisotopic (exact) mass is 373 g/mol. The molecule has 0 aromatic carbocycles. The van der Waals surface area contributed by atoms with Gasteiger partial charge >= 0.3 is 6.09 Å². The molecular weight excluding hydrogens is 353 g/mol. The van der Waals surface area contributed by atoms with Crippen LogP contribution in [-0.2, 0) is 18.9 Å². The van der Waals surface area contributed by atoms with Gasteiger partial charge in [-0.3, -0.25) is 4.90 Å². The van der Waals surface area contributed by atoms with E-state index < -0.39 is 5.79 Å². The second-order valence-corrected chi connectivity index (χ2v) is 5.17. The second-order valence-electron chi connectivity index (χ2n) is 3.89. The smallest absolute Gasteiger partial charge is 0.410 e. The maximum atomic E-state index is 11.8. The molecule has 1 aliphatic heterocycles. The normalized spacial score (nSPS) is 27.1. The Kier molecular flexibility index (Phi) is 6.09. The highest BCUT2D eigenvalue weighted by Gasteiger charge is 2.51. The van der Waals surface area contributed by atoms with Crippen LogP contribution < -0.4 is 0 Å². The van der Waals surface area contributed by atoms with Gasteiger partial charge in [0.2, 0.25) is 0 Å². The number of carbonyl (C=O) groups is 1. The fourth-order valence-electron chi connectivity index (χ4n) is 2.12. The molecule has 0 N–H and O–H groups in total. The molecule has 106 valence electrons. The Balaban J connectivity index is 2.86. The highest BCUT2D eigenvalue weighted by molar-refractivity contribution is 14.1. The second kappa shape index (κ2) is 6.88. The van der Waals surface area contributed by atoms with Gasteiger partial charge in [-0.1, -0.05) is 22.6 Å². The number of methoxy groups -OCH3 is 3. The molecule has 1 rings (SSSR count). The Labute approximate surface area is 121 Å². The van der Waals surface area contributed by atoms with Crippen molar-refractivity contribution in [3.05, 3.63) is 0 Å². The third kappa shape index (κ3) is 2.89. The standard InChI is InChI=1S/C11H20INO5/c1-5-18-10(14)13-7-6-11(16-3,17-4)8(15-2)9(13)12/h8-9H,5-7H2,1-4H3. The predicted molar refractivity (Wildman–Crippen MR) is 73.7 cm³/mol. The lowest BCUT2D eigenvalue weighted by Crippen LogP contribution is -2.62. The van der Waals surface area contributed by atoms with Gasteiger partial charge in [0, 0.05) is 34.3 Å². The Bertz CT molecular complexity index is 285. The van der Waals surface area contributed by atoms with Crippen LogP contribution in [0.4, 0.5) is 4.79 Å². The number of hydrogen-bond acceptors (Lipinski definition) is 5. The molecule has 6 nitrogen and oxygen atoms in total. The van der Waals surface area contributed by atoms with Crippen LogP contribution in [0.2, 0.25) is 0 Å². The Morgan fingerprint density at radius 1 is 1.39 bits per heavy atom. The first-order chi connectivity index (χ1) is 8.56. The van der Waals surface area contributed by atoms with Crippen LogP contribution in [0.3, 0.4) is 0 Å². The molecule has 1 amide bonds. The average molecular weight is 373 g/mol. The lowest BCUT2D eigenvalue weighted by atomic mass is 10.0. The van der Waals surface area contributed by atoms with Crippen LogP contribution in [0.25, 0.3) is 0 Å². The minimum Gasteiger partial charge on any atom is -0.450 e. The molecule has 1 aliphatic rings. The number of ether oxygens (including phenoxy) is 4. The van der Waals surface area contributed by atoms with Crippen molar-refractivity contribution < 1.29 is 23.7 Å². The third-order valence-electron chi connectivity index (χ3n) is 3.13. The minimum atomic E-state index is -0.816. The maximum absolute atomic E-state index is 11.8. The summed E-state index contributed by atoms with van der Waals surface area (Å²) in [5, 5.41) is 0. The first-order valence-electron chi connectivity index (χ1n) is 5.76. The van der Waals surface area contributed by atoms with E-state index in [-0.39, 0.29) is 16.2 Å². The first kappa shape index (κ1) is 15.9. The topological polar surface area (TPSA) is 57.2 Å². The van der Waals surface area contributed by atoms with Gasteiger partial charge in [-0.25, -0.2) is 4.79 Å². The average Bonchev–Trinajstić information content (AvgIpc) is 2.38. The minimum absolute atomic E-state index is 0.208. The van der Waals surface area contributed by atoms with Gasteiger partial charge in [-0.2, -0.15) is 0 Å². The number of carbonyl (C=O) groups excluding carboxylic acids is 1. The summed E-state index contributed by atoms with van der Waals surface area (Å²) in [6.45, 7) is 2.65. The molecule has 2 unspecified atom stereocenters. The van der Waals surface area contributed by atoms with E-state index in [1.165, 1.54) is 0 Å². The summed E-state index contributed by atoms with van der Waals surface area (Å²) in [7, 11) is 4.75. The zero-order chi connectivity index (χ0) is 13.8. The quantitative estimate of drug-likeness (QED) is 0.324. The van der Waals surface area contributed by atoms with Gasteiger partial charge in [-0.05, 0) is 6.92 Å². The van der Waals surface area contributed by atoms with Crippen molar-refractivity contribution in [3.63, 3.8) is 0 Å². The largest absolute Gasteiger partial charge is 0.450 e. The molecule has 0 spiro atoms. The zero-order valence-electron chi connectivity index (χ0n) is 11.1.